The Balaban J connectivity index is 1.89. The molecule has 20 heavy (non-hydrogen) atoms. The average Bonchev–Trinajstić information content (AvgIpc) is 2.95. The van der Waals surface area contributed by atoms with E-state index in [9.17, 15) is 4.39 Å². The molecule has 0 radical (unpaired) electrons. The van der Waals surface area contributed by atoms with E-state index in [1.807, 2.05) is 0 Å². The lowest BCUT2D eigenvalue weighted by Gasteiger charge is -2.15. The number of hydrogen-bond donors (Lipinski definition) is 0. The van der Waals surface area contributed by atoms with Gasteiger partial charge in [-0.05, 0) is 44.1 Å². The van der Waals surface area contributed by atoms with Gasteiger partial charge in [0.25, 0.3) is 0 Å². The van der Waals surface area contributed by atoms with Gasteiger partial charge in [0.15, 0.2) is 11.6 Å². The Bertz CT molecular complexity index is 489. The summed E-state index contributed by atoms with van der Waals surface area (Å²) >= 11 is 5.56. The molecule has 0 aliphatic carbocycles. The second-order valence-electron chi connectivity index (χ2n) is 4.78. The minimum absolute atomic E-state index is 0.280. The van der Waals surface area contributed by atoms with Crippen molar-refractivity contribution in [1.29, 1.82) is 0 Å². The number of halogens is 2. The number of alkyl halides is 1. The minimum atomic E-state index is -0.339. The molecular weight excluding hydrogens is 277 g/mol. The van der Waals surface area contributed by atoms with Gasteiger partial charge in [0.05, 0.1) is 0 Å². The van der Waals surface area contributed by atoms with Gasteiger partial charge in [-0.2, -0.15) is 0 Å². The Morgan fingerprint density at radius 1 is 1.30 bits per heavy atom. The van der Waals surface area contributed by atoms with E-state index in [0.29, 0.717) is 18.9 Å². The van der Waals surface area contributed by atoms with Crippen molar-refractivity contribution < 1.29 is 9.13 Å². The molecule has 0 unspecified atom stereocenters. The quantitative estimate of drug-likeness (QED) is 0.610. The molecule has 0 N–H and O–H groups in total. The van der Waals surface area contributed by atoms with Gasteiger partial charge in [-0.3, -0.25) is 4.90 Å². The molecule has 0 saturated carbocycles. The molecule has 1 heterocycles. The zero-order chi connectivity index (χ0) is 14.2. The smallest absolute Gasteiger partial charge is 0.165 e. The van der Waals surface area contributed by atoms with Crippen molar-refractivity contribution in [3.63, 3.8) is 0 Å². The van der Waals surface area contributed by atoms with E-state index in [1.54, 1.807) is 12.1 Å². The van der Waals surface area contributed by atoms with Crippen LogP contribution in [-0.4, -0.2) is 37.0 Å². The molecule has 0 amide bonds. The molecule has 0 spiro atoms. The summed E-state index contributed by atoms with van der Waals surface area (Å²) in [6.45, 7) is 3.60. The van der Waals surface area contributed by atoms with E-state index in [1.165, 1.54) is 18.9 Å². The predicted molar refractivity (Wildman–Crippen MR) is 79.8 cm³/mol. The summed E-state index contributed by atoms with van der Waals surface area (Å²) < 4.78 is 19.2. The first-order valence-electron chi connectivity index (χ1n) is 6.99. The first-order valence-corrected chi connectivity index (χ1v) is 7.52. The summed E-state index contributed by atoms with van der Waals surface area (Å²) in [7, 11) is 0. The number of ether oxygens (including phenoxy) is 1. The van der Waals surface area contributed by atoms with Gasteiger partial charge in [-0.25, -0.2) is 4.39 Å². The molecule has 1 aliphatic heterocycles. The topological polar surface area (TPSA) is 12.5 Å². The van der Waals surface area contributed by atoms with E-state index in [-0.39, 0.29) is 11.6 Å². The van der Waals surface area contributed by atoms with Crippen molar-refractivity contribution in [2.75, 3.05) is 32.1 Å². The van der Waals surface area contributed by atoms with E-state index >= 15 is 0 Å². The first-order chi connectivity index (χ1) is 9.79. The Hall–Kier alpha value is -1.24. The zero-order valence-electron chi connectivity index (χ0n) is 11.5. The Morgan fingerprint density at radius 2 is 2.10 bits per heavy atom. The van der Waals surface area contributed by atoms with Crippen molar-refractivity contribution in [2.45, 2.75) is 19.3 Å². The second kappa shape index (κ2) is 8.14. The molecular formula is C16H19ClFNO. The summed E-state index contributed by atoms with van der Waals surface area (Å²) in [5, 5.41) is 0. The van der Waals surface area contributed by atoms with Crippen LogP contribution >= 0.6 is 11.6 Å². The first kappa shape index (κ1) is 15.2. The lowest BCUT2D eigenvalue weighted by atomic mass is 10.2. The highest BCUT2D eigenvalue weighted by Gasteiger charge is 2.11. The van der Waals surface area contributed by atoms with Gasteiger partial charge in [0.2, 0.25) is 0 Å². The van der Waals surface area contributed by atoms with Crippen LogP contribution in [0.15, 0.2) is 18.2 Å². The fourth-order valence-corrected chi connectivity index (χ4v) is 2.29. The second-order valence-corrected chi connectivity index (χ2v) is 5.16. The van der Waals surface area contributed by atoms with Gasteiger partial charge in [0, 0.05) is 24.4 Å². The average molecular weight is 296 g/mol. The Kier molecular flexibility index (Phi) is 6.17. The van der Waals surface area contributed by atoms with Crippen LogP contribution in [0, 0.1) is 17.7 Å². The molecule has 0 atom stereocenters. The van der Waals surface area contributed by atoms with E-state index in [0.717, 1.165) is 25.2 Å². The molecule has 1 aromatic rings. The van der Waals surface area contributed by atoms with E-state index < -0.39 is 0 Å². The number of nitrogens with zero attached hydrogens (tertiary/aromatic N) is 1. The number of benzene rings is 1. The molecule has 1 aromatic carbocycles. The van der Waals surface area contributed by atoms with Gasteiger partial charge < -0.3 is 4.74 Å². The van der Waals surface area contributed by atoms with Gasteiger partial charge >= 0.3 is 0 Å². The highest BCUT2D eigenvalue weighted by atomic mass is 35.5. The third-order valence-electron chi connectivity index (χ3n) is 3.25. The fourth-order valence-electron chi connectivity index (χ4n) is 2.19. The summed E-state index contributed by atoms with van der Waals surface area (Å²) in [6, 6.07) is 4.71. The SMILES string of the molecule is Fc1ccc(C#CCCCl)cc1OCCN1CCCC1. The molecule has 1 saturated heterocycles. The largest absolute Gasteiger partial charge is 0.489 e. The number of rotatable bonds is 5. The summed E-state index contributed by atoms with van der Waals surface area (Å²) in [5.74, 6) is 6.33. The third-order valence-corrected chi connectivity index (χ3v) is 3.44. The normalized spacial score (nSPS) is 14.9. The summed E-state index contributed by atoms with van der Waals surface area (Å²) in [4.78, 5) is 2.34. The maximum Gasteiger partial charge on any atom is 0.165 e. The van der Waals surface area contributed by atoms with Crippen LogP contribution < -0.4 is 4.74 Å². The van der Waals surface area contributed by atoms with Crippen LogP contribution in [0.3, 0.4) is 0 Å². The molecule has 2 rings (SSSR count). The number of likely N-dealkylation sites (tertiary alicyclic amines) is 1. The lowest BCUT2D eigenvalue weighted by Crippen LogP contribution is -2.25. The van der Waals surface area contributed by atoms with Crippen molar-refractivity contribution >= 4 is 11.6 Å². The maximum atomic E-state index is 13.7. The third kappa shape index (κ3) is 4.70. The molecule has 1 aliphatic rings. The number of hydrogen-bond acceptors (Lipinski definition) is 2. The van der Waals surface area contributed by atoms with Gasteiger partial charge in [-0.1, -0.05) is 11.8 Å². The molecule has 0 aromatic heterocycles. The van der Waals surface area contributed by atoms with Crippen molar-refractivity contribution in [3.05, 3.63) is 29.6 Å². The van der Waals surface area contributed by atoms with Crippen molar-refractivity contribution in [2.24, 2.45) is 0 Å². The standard InChI is InChI=1S/C16H19ClFNO/c17-8-2-1-5-14-6-7-15(18)16(13-14)20-12-11-19-9-3-4-10-19/h6-7,13H,2-4,8-12H2. The van der Waals surface area contributed by atoms with Crippen LogP contribution in [0.2, 0.25) is 0 Å². The van der Waals surface area contributed by atoms with Gasteiger partial charge in [0.1, 0.15) is 6.61 Å². The maximum absolute atomic E-state index is 13.7. The fraction of sp³-hybridized carbons (Fsp3) is 0.500. The van der Waals surface area contributed by atoms with Crippen LogP contribution in [-0.2, 0) is 0 Å². The van der Waals surface area contributed by atoms with Crippen molar-refractivity contribution in [1.82, 2.24) is 4.90 Å². The van der Waals surface area contributed by atoms with Crippen LogP contribution in [0.1, 0.15) is 24.8 Å². The minimum Gasteiger partial charge on any atom is -0.489 e. The zero-order valence-corrected chi connectivity index (χ0v) is 12.3. The molecule has 108 valence electrons. The Labute approximate surface area is 124 Å². The highest BCUT2D eigenvalue weighted by molar-refractivity contribution is 6.18. The molecule has 1 fully saturated rings. The Morgan fingerprint density at radius 3 is 2.85 bits per heavy atom. The summed E-state index contributed by atoms with van der Waals surface area (Å²) in [6.07, 6.45) is 3.13. The van der Waals surface area contributed by atoms with E-state index in [2.05, 4.69) is 16.7 Å². The van der Waals surface area contributed by atoms with Crippen molar-refractivity contribution in [3.8, 4) is 17.6 Å². The lowest BCUT2D eigenvalue weighted by molar-refractivity contribution is 0.231. The van der Waals surface area contributed by atoms with E-state index in [4.69, 9.17) is 16.3 Å². The van der Waals surface area contributed by atoms with Crippen LogP contribution in [0.4, 0.5) is 4.39 Å². The van der Waals surface area contributed by atoms with Gasteiger partial charge in [-0.15, -0.1) is 11.6 Å². The highest BCUT2D eigenvalue weighted by Crippen LogP contribution is 2.18. The van der Waals surface area contributed by atoms with Crippen LogP contribution in [0.25, 0.3) is 0 Å². The summed E-state index contributed by atoms with van der Waals surface area (Å²) in [5.41, 5.74) is 0.757. The molecule has 4 heteroatoms. The van der Waals surface area contributed by atoms with Crippen LogP contribution in [0.5, 0.6) is 5.75 Å². The molecule has 2 nitrogen and oxygen atoms in total. The monoisotopic (exact) mass is 295 g/mol. The predicted octanol–water partition coefficient (Wildman–Crippen LogP) is 3.28. The molecule has 0 bridgehead atoms.